The van der Waals surface area contributed by atoms with E-state index in [9.17, 15) is 8.78 Å². The molecule has 0 aliphatic carbocycles. The van der Waals surface area contributed by atoms with Crippen LogP contribution >= 0.6 is 15.9 Å². The first-order valence-corrected chi connectivity index (χ1v) is 3.21. The smallest absolute Gasteiger partial charge is 0.205 e. The standard InChI is InChI=1S/C7H5BrF2/c8-6-4-2-1-3-5(6)7(9)10/h1-4,7H/i1D,2D,3D,4D. The second-order valence-corrected chi connectivity index (χ2v) is 2.32. The van der Waals surface area contributed by atoms with E-state index in [0.29, 0.717) is 0 Å². The minimum Gasteiger partial charge on any atom is -0.205 e. The van der Waals surface area contributed by atoms with Crippen molar-refractivity contribution < 1.29 is 14.3 Å². The van der Waals surface area contributed by atoms with E-state index >= 15 is 0 Å². The first kappa shape index (κ1) is 3.81. The Morgan fingerprint density at radius 1 is 1.40 bits per heavy atom. The first-order chi connectivity index (χ1) is 6.37. The predicted molar refractivity (Wildman–Crippen MR) is 39.1 cm³/mol. The second-order valence-electron chi connectivity index (χ2n) is 1.53. The van der Waals surface area contributed by atoms with Crippen LogP contribution in [0.3, 0.4) is 0 Å². The van der Waals surface area contributed by atoms with Gasteiger partial charge in [0.2, 0.25) is 0 Å². The highest BCUT2D eigenvalue weighted by Gasteiger charge is 2.08. The lowest BCUT2D eigenvalue weighted by molar-refractivity contribution is 0.150. The molecule has 0 saturated heterocycles. The molecule has 3 heteroatoms. The fraction of sp³-hybridized carbons (Fsp3) is 0.143. The van der Waals surface area contributed by atoms with Crippen LogP contribution in [0.25, 0.3) is 0 Å². The molecule has 0 bridgehead atoms. The maximum Gasteiger partial charge on any atom is 0.264 e. The summed E-state index contributed by atoms with van der Waals surface area (Å²) in [7, 11) is 0. The van der Waals surface area contributed by atoms with Gasteiger partial charge in [0, 0.05) is 10.0 Å². The molecule has 0 heterocycles. The van der Waals surface area contributed by atoms with Crippen molar-refractivity contribution in [2.45, 2.75) is 6.43 Å². The summed E-state index contributed by atoms with van der Waals surface area (Å²) in [4.78, 5) is 0. The van der Waals surface area contributed by atoms with Gasteiger partial charge in [-0.05, 0) is 6.04 Å². The van der Waals surface area contributed by atoms with Gasteiger partial charge in [-0.15, -0.1) is 0 Å². The molecule has 1 aromatic rings. The molecule has 0 spiro atoms. The molecule has 0 aliphatic heterocycles. The lowest BCUT2D eigenvalue weighted by atomic mass is 10.2. The van der Waals surface area contributed by atoms with Crippen molar-refractivity contribution in [2.24, 2.45) is 0 Å². The lowest BCUT2D eigenvalue weighted by Gasteiger charge is -1.99. The van der Waals surface area contributed by atoms with E-state index in [0.717, 1.165) is 0 Å². The summed E-state index contributed by atoms with van der Waals surface area (Å²) in [5.41, 5.74) is -0.698. The molecule has 1 aromatic carbocycles. The summed E-state index contributed by atoms with van der Waals surface area (Å²) >= 11 is 2.73. The molecule has 1 rings (SSSR count). The topological polar surface area (TPSA) is 0 Å². The van der Waals surface area contributed by atoms with Gasteiger partial charge in [0.25, 0.3) is 6.43 Å². The number of hydrogen-bond donors (Lipinski definition) is 0. The number of halogens is 3. The Morgan fingerprint density at radius 2 is 2.00 bits per heavy atom. The fourth-order valence-corrected chi connectivity index (χ4v) is 0.829. The van der Waals surface area contributed by atoms with E-state index in [1.165, 1.54) is 0 Å². The number of alkyl halides is 2. The van der Waals surface area contributed by atoms with Gasteiger partial charge in [-0.25, -0.2) is 8.78 Å². The maximum absolute atomic E-state index is 12.4. The van der Waals surface area contributed by atoms with Crippen LogP contribution in [0.5, 0.6) is 0 Å². The Kier molecular flexibility index (Phi) is 1.18. The molecule has 10 heavy (non-hydrogen) atoms. The molecule has 0 saturated carbocycles. The minimum atomic E-state index is -2.93. The predicted octanol–water partition coefficient (Wildman–Crippen LogP) is 3.39. The normalized spacial score (nSPS) is 16.0. The number of hydrogen-bond acceptors (Lipinski definition) is 0. The zero-order valence-corrected chi connectivity index (χ0v) is 6.30. The summed E-state index contributed by atoms with van der Waals surface area (Å²) in [6, 6.07) is -2.35. The average Bonchev–Trinajstić information content (AvgIpc) is 2.11. The molecule has 0 nitrogen and oxygen atoms in total. The summed E-state index contributed by atoms with van der Waals surface area (Å²) < 4.78 is 53.3. The molecule has 0 fully saturated rings. The van der Waals surface area contributed by atoms with E-state index in [4.69, 9.17) is 5.48 Å². The maximum atomic E-state index is 12.4. The lowest BCUT2D eigenvalue weighted by Crippen LogP contribution is -1.83. The Balaban J connectivity index is 3.60. The van der Waals surface area contributed by atoms with E-state index in [1.807, 2.05) is 0 Å². The van der Waals surface area contributed by atoms with Crippen LogP contribution in [0.2, 0.25) is 0 Å². The van der Waals surface area contributed by atoms with Gasteiger partial charge in [-0.1, -0.05) is 34.1 Å². The zero-order chi connectivity index (χ0) is 11.0. The first-order valence-electron chi connectivity index (χ1n) is 4.41. The van der Waals surface area contributed by atoms with Crippen molar-refractivity contribution in [3.05, 3.63) is 34.2 Å². The van der Waals surface area contributed by atoms with Crippen molar-refractivity contribution in [1.82, 2.24) is 0 Å². The van der Waals surface area contributed by atoms with Crippen LogP contribution < -0.4 is 0 Å². The molecular formula is C7H5BrF2. The van der Waals surface area contributed by atoms with E-state index in [2.05, 4.69) is 15.9 Å². The summed E-state index contributed by atoms with van der Waals surface area (Å²) in [5.74, 6) is 0. The van der Waals surface area contributed by atoms with Gasteiger partial charge in [-0.3, -0.25) is 0 Å². The summed E-state index contributed by atoms with van der Waals surface area (Å²) in [6.07, 6.45) is -2.93. The number of benzene rings is 1. The summed E-state index contributed by atoms with van der Waals surface area (Å²) in [5, 5.41) is 0. The third kappa shape index (κ3) is 1.53. The van der Waals surface area contributed by atoms with Gasteiger partial charge in [0.1, 0.15) is 0 Å². The summed E-state index contributed by atoms with van der Waals surface area (Å²) in [6.45, 7) is 0. The Bertz CT molecular complexity index is 351. The Hall–Kier alpha value is -0.440. The highest BCUT2D eigenvalue weighted by Crippen LogP contribution is 2.26. The van der Waals surface area contributed by atoms with Crippen LogP contribution in [0, 0.1) is 0 Å². The van der Waals surface area contributed by atoms with E-state index in [1.54, 1.807) is 0 Å². The van der Waals surface area contributed by atoms with Crippen LogP contribution in [0.15, 0.2) is 28.6 Å². The quantitative estimate of drug-likeness (QED) is 0.667. The monoisotopic (exact) mass is 210 g/mol. The van der Waals surface area contributed by atoms with Crippen LogP contribution in [0.1, 0.15) is 17.5 Å². The molecule has 0 aliphatic rings. The second kappa shape index (κ2) is 3.10. The Labute approximate surface area is 71.6 Å². The van der Waals surface area contributed by atoms with E-state index in [-0.39, 0.29) is 4.47 Å². The third-order valence-electron chi connectivity index (χ3n) is 0.887. The van der Waals surface area contributed by atoms with Gasteiger partial charge in [0.15, 0.2) is 0 Å². The van der Waals surface area contributed by atoms with Crippen molar-refractivity contribution >= 4 is 15.9 Å². The molecular weight excluding hydrogens is 202 g/mol. The van der Waals surface area contributed by atoms with Crippen LogP contribution in [0.4, 0.5) is 8.78 Å². The molecule has 0 amide bonds. The molecule has 54 valence electrons. The molecule has 0 aromatic heterocycles. The van der Waals surface area contributed by atoms with Gasteiger partial charge >= 0.3 is 0 Å². The van der Waals surface area contributed by atoms with Gasteiger partial charge < -0.3 is 0 Å². The van der Waals surface area contributed by atoms with Crippen molar-refractivity contribution in [3.63, 3.8) is 0 Å². The van der Waals surface area contributed by atoms with Crippen molar-refractivity contribution in [3.8, 4) is 0 Å². The van der Waals surface area contributed by atoms with E-state index < -0.39 is 36.2 Å². The molecule has 0 N–H and O–H groups in total. The van der Waals surface area contributed by atoms with Crippen LogP contribution in [-0.2, 0) is 0 Å². The zero-order valence-electron chi connectivity index (χ0n) is 8.71. The van der Waals surface area contributed by atoms with Gasteiger partial charge in [0.05, 0.1) is 5.48 Å². The molecule has 0 radical (unpaired) electrons. The van der Waals surface area contributed by atoms with Crippen molar-refractivity contribution in [1.29, 1.82) is 0 Å². The van der Waals surface area contributed by atoms with Crippen LogP contribution in [-0.4, -0.2) is 0 Å². The largest absolute Gasteiger partial charge is 0.264 e. The SMILES string of the molecule is [2H]c1c([2H])c([2H])c(C(F)F)c(Br)c1[2H]. The number of rotatable bonds is 1. The Morgan fingerprint density at radius 3 is 2.60 bits per heavy atom. The highest BCUT2D eigenvalue weighted by atomic mass is 79.9. The van der Waals surface area contributed by atoms with Gasteiger partial charge in [-0.2, -0.15) is 0 Å². The average molecular weight is 211 g/mol. The highest BCUT2D eigenvalue weighted by molar-refractivity contribution is 9.10. The minimum absolute atomic E-state index is 0.279. The van der Waals surface area contributed by atoms with Crippen molar-refractivity contribution in [2.75, 3.05) is 0 Å². The molecule has 0 unspecified atom stereocenters. The third-order valence-corrected chi connectivity index (χ3v) is 1.51. The fourth-order valence-electron chi connectivity index (χ4n) is 0.457. The molecule has 0 atom stereocenters.